The van der Waals surface area contributed by atoms with E-state index in [1.54, 1.807) is 0 Å². The van der Waals surface area contributed by atoms with Gasteiger partial charge in [0.25, 0.3) is 0 Å². The van der Waals surface area contributed by atoms with E-state index in [0.717, 1.165) is 30.1 Å². The Morgan fingerprint density at radius 2 is 1.85 bits per heavy atom. The number of fused-ring (bicyclic) bond motifs is 3. The third-order valence-electron chi connectivity index (χ3n) is 7.99. The van der Waals surface area contributed by atoms with Crippen molar-refractivity contribution in [1.82, 2.24) is 0 Å². The Kier molecular flexibility index (Phi) is 4.81. The molecule has 4 atom stereocenters. The fraction of sp³-hybridized carbons (Fsp3) is 0.680. The third kappa shape index (κ3) is 3.30. The van der Waals surface area contributed by atoms with Crippen molar-refractivity contribution in [2.24, 2.45) is 17.8 Å². The fourth-order valence-electron chi connectivity index (χ4n) is 6.04. The largest absolute Gasteiger partial charge is 0.508 e. The van der Waals surface area contributed by atoms with Crippen molar-refractivity contribution in [3.63, 3.8) is 0 Å². The van der Waals surface area contributed by atoms with Crippen LogP contribution in [0.2, 0.25) is 0 Å². The zero-order valence-corrected chi connectivity index (χ0v) is 17.7. The molecule has 0 saturated heterocycles. The maximum Gasteiger partial charge on any atom is 0.127 e. The standard InChI is InChI=1S/C25H36O2/c1-15-10-11-21-20(12-15)24-22(26)13-19(14-23(24)27-25(21,4)5)17(3)16(2)18-8-6-7-9-18/h10,13-14,16-18,20-21,26H,6-9,11-12H2,1-5H3/t16?,17?,20-,21-/m1/s1. The zero-order valence-electron chi connectivity index (χ0n) is 17.7. The van der Waals surface area contributed by atoms with E-state index in [1.807, 2.05) is 6.07 Å². The molecule has 0 bridgehead atoms. The van der Waals surface area contributed by atoms with Crippen molar-refractivity contribution in [3.05, 3.63) is 34.9 Å². The Morgan fingerprint density at radius 3 is 2.56 bits per heavy atom. The number of benzene rings is 1. The molecule has 3 aliphatic rings. The summed E-state index contributed by atoms with van der Waals surface area (Å²) in [5.74, 6) is 4.09. The van der Waals surface area contributed by atoms with Crippen LogP contribution in [0.4, 0.5) is 0 Å². The molecule has 2 nitrogen and oxygen atoms in total. The molecule has 1 N–H and O–H groups in total. The van der Waals surface area contributed by atoms with Crippen LogP contribution in [0.15, 0.2) is 23.8 Å². The molecular weight excluding hydrogens is 332 g/mol. The topological polar surface area (TPSA) is 29.5 Å². The normalized spacial score (nSPS) is 29.3. The highest BCUT2D eigenvalue weighted by Gasteiger charge is 2.46. The Labute approximate surface area is 165 Å². The second-order valence-electron chi connectivity index (χ2n) is 10.1. The van der Waals surface area contributed by atoms with E-state index in [2.05, 4.69) is 46.8 Å². The van der Waals surface area contributed by atoms with Gasteiger partial charge in [0, 0.05) is 17.4 Å². The molecule has 0 amide bonds. The van der Waals surface area contributed by atoms with E-state index in [-0.39, 0.29) is 5.60 Å². The highest BCUT2D eigenvalue weighted by Crippen LogP contribution is 2.55. The third-order valence-corrected chi connectivity index (χ3v) is 7.99. The minimum Gasteiger partial charge on any atom is -0.508 e. The van der Waals surface area contributed by atoms with Crippen molar-refractivity contribution < 1.29 is 9.84 Å². The van der Waals surface area contributed by atoms with Gasteiger partial charge in [-0.15, -0.1) is 0 Å². The summed E-state index contributed by atoms with van der Waals surface area (Å²) in [6.07, 6.45) is 9.91. The second kappa shape index (κ2) is 6.87. The molecule has 0 radical (unpaired) electrons. The minimum absolute atomic E-state index is 0.194. The van der Waals surface area contributed by atoms with Gasteiger partial charge in [0.1, 0.15) is 17.1 Å². The van der Waals surface area contributed by atoms with Gasteiger partial charge in [-0.25, -0.2) is 0 Å². The van der Waals surface area contributed by atoms with Gasteiger partial charge in [0.05, 0.1) is 0 Å². The Morgan fingerprint density at radius 1 is 1.15 bits per heavy atom. The summed E-state index contributed by atoms with van der Waals surface area (Å²) in [5, 5.41) is 11.0. The Bertz CT molecular complexity index is 739. The lowest BCUT2D eigenvalue weighted by Gasteiger charge is -2.47. The van der Waals surface area contributed by atoms with E-state index in [0.29, 0.717) is 29.4 Å². The predicted molar refractivity (Wildman–Crippen MR) is 112 cm³/mol. The minimum atomic E-state index is -0.194. The molecule has 2 unspecified atom stereocenters. The van der Waals surface area contributed by atoms with Gasteiger partial charge in [-0.2, -0.15) is 0 Å². The van der Waals surface area contributed by atoms with Crippen LogP contribution in [0.25, 0.3) is 0 Å². The van der Waals surface area contributed by atoms with Gasteiger partial charge >= 0.3 is 0 Å². The molecule has 0 spiro atoms. The molecule has 1 aliphatic heterocycles. The molecule has 0 aromatic heterocycles. The zero-order chi connectivity index (χ0) is 19.3. The molecule has 1 aromatic carbocycles. The van der Waals surface area contributed by atoms with Crippen LogP contribution in [-0.2, 0) is 0 Å². The molecule has 4 rings (SSSR count). The second-order valence-corrected chi connectivity index (χ2v) is 10.1. The summed E-state index contributed by atoms with van der Waals surface area (Å²) < 4.78 is 6.51. The maximum atomic E-state index is 11.0. The van der Waals surface area contributed by atoms with E-state index < -0.39 is 0 Å². The monoisotopic (exact) mass is 368 g/mol. The van der Waals surface area contributed by atoms with E-state index in [1.165, 1.54) is 36.8 Å². The predicted octanol–water partition coefficient (Wildman–Crippen LogP) is 6.93. The van der Waals surface area contributed by atoms with Gasteiger partial charge in [-0.1, -0.05) is 51.2 Å². The van der Waals surface area contributed by atoms with Gasteiger partial charge in [-0.3, -0.25) is 0 Å². The van der Waals surface area contributed by atoms with Crippen molar-refractivity contribution in [1.29, 1.82) is 0 Å². The fourth-order valence-corrected chi connectivity index (χ4v) is 6.04. The molecule has 1 fully saturated rings. The first-order chi connectivity index (χ1) is 12.8. The van der Waals surface area contributed by atoms with E-state index >= 15 is 0 Å². The molecule has 1 saturated carbocycles. The van der Waals surface area contributed by atoms with Crippen molar-refractivity contribution in [2.75, 3.05) is 0 Å². The Hall–Kier alpha value is -1.44. The smallest absolute Gasteiger partial charge is 0.127 e. The first-order valence-electron chi connectivity index (χ1n) is 11.0. The summed E-state index contributed by atoms with van der Waals surface area (Å²) in [5.41, 5.74) is 3.53. The summed E-state index contributed by atoms with van der Waals surface area (Å²) in [6.45, 7) is 11.4. The van der Waals surface area contributed by atoms with E-state index in [9.17, 15) is 5.11 Å². The summed E-state index contributed by atoms with van der Waals surface area (Å²) in [4.78, 5) is 0. The average Bonchev–Trinajstić information content (AvgIpc) is 3.13. The number of hydrogen-bond donors (Lipinski definition) is 1. The SMILES string of the molecule is CC1=CC[C@@H]2[C@@H](C1)c1c(O)cc(C(C)C(C)C3CCCC3)cc1OC2(C)C. The van der Waals surface area contributed by atoms with Gasteiger partial charge in [0.2, 0.25) is 0 Å². The highest BCUT2D eigenvalue weighted by molar-refractivity contribution is 5.53. The highest BCUT2D eigenvalue weighted by atomic mass is 16.5. The number of allylic oxidation sites excluding steroid dienone is 2. The number of phenolic OH excluding ortho intramolecular Hbond substituents is 1. The lowest BCUT2D eigenvalue weighted by molar-refractivity contribution is 0.00746. The Balaban J connectivity index is 1.69. The summed E-state index contributed by atoms with van der Waals surface area (Å²) in [7, 11) is 0. The van der Waals surface area contributed by atoms with Crippen molar-refractivity contribution >= 4 is 0 Å². The first-order valence-corrected chi connectivity index (χ1v) is 11.0. The summed E-state index contributed by atoms with van der Waals surface area (Å²) in [6, 6.07) is 4.29. The molecular formula is C25H36O2. The van der Waals surface area contributed by atoms with Crippen molar-refractivity contribution in [3.8, 4) is 11.5 Å². The first kappa shape index (κ1) is 18.9. The number of rotatable bonds is 3. The van der Waals surface area contributed by atoms with Gasteiger partial charge in [-0.05, 0) is 69.1 Å². The van der Waals surface area contributed by atoms with Crippen LogP contribution < -0.4 is 4.74 Å². The quantitative estimate of drug-likeness (QED) is 0.586. The molecule has 1 aromatic rings. The van der Waals surface area contributed by atoms with Crippen LogP contribution in [-0.4, -0.2) is 10.7 Å². The van der Waals surface area contributed by atoms with Crippen LogP contribution >= 0.6 is 0 Å². The lowest BCUT2D eigenvalue weighted by Crippen LogP contribution is -2.45. The molecule has 2 heteroatoms. The van der Waals surface area contributed by atoms with Crippen LogP contribution in [0.1, 0.15) is 96.1 Å². The van der Waals surface area contributed by atoms with Crippen LogP contribution in [0.5, 0.6) is 11.5 Å². The van der Waals surface area contributed by atoms with Gasteiger partial charge < -0.3 is 9.84 Å². The lowest BCUT2D eigenvalue weighted by atomic mass is 9.67. The summed E-state index contributed by atoms with van der Waals surface area (Å²) >= 11 is 0. The maximum absolute atomic E-state index is 11.0. The number of hydrogen-bond acceptors (Lipinski definition) is 2. The van der Waals surface area contributed by atoms with E-state index in [4.69, 9.17) is 4.74 Å². The number of ether oxygens (including phenoxy) is 1. The molecule has 148 valence electrons. The average molecular weight is 369 g/mol. The molecule has 1 heterocycles. The number of aromatic hydroxyl groups is 1. The van der Waals surface area contributed by atoms with Crippen LogP contribution in [0.3, 0.4) is 0 Å². The van der Waals surface area contributed by atoms with Gasteiger partial charge in [0.15, 0.2) is 0 Å². The number of phenols is 1. The molecule has 27 heavy (non-hydrogen) atoms. The van der Waals surface area contributed by atoms with Crippen molar-refractivity contribution in [2.45, 2.75) is 90.6 Å². The van der Waals surface area contributed by atoms with Crippen LogP contribution in [0, 0.1) is 17.8 Å². The molecule has 2 aliphatic carbocycles.